The van der Waals surface area contributed by atoms with E-state index in [1.165, 1.54) is 7.11 Å². The summed E-state index contributed by atoms with van der Waals surface area (Å²) in [7, 11) is 3.41. The van der Waals surface area contributed by atoms with Crippen molar-refractivity contribution in [1.29, 1.82) is 0 Å². The number of nitrogens with one attached hydrogen (secondary N) is 1. The van der Waals surface area contributed by atoms with Crippen LogP contribution >= 0.6 is 0 Å². The molecule has 2 amide bonds. The molecule has 0 atom stereocenters. The smallest absolute Gasteiger partial charge is 0.260 e. The number of rotatable bonds is 5. The lowest BCUT2D eigenvalue weighted by atomic mass is 9.86. The number of fused-ring (bicyclic) bond motifs is 2. The Balaban J connectivity index is 1.35. The standard InChI is InChI=1S/C25H27N7O3/c1-16(33)30(2)19-8-6-17(7-9-19)14-31-15-18-11-20(22(35-3)12-21(18)29-31)25(34)28-24-13-26-23-5-4-10-27-32(23)24/h4-5,10-15,17,19H,6-9H2,1-3H3/p+1/b31-14-. The van der Waals surface area contributed by atoms with Crippen molar-refractivity contribution >= 4 is 35.7 Å². The van der Waals surface area contributed by atoms with E-state index in [1.807, 2.05) is 28.9 Å². The third-order valence-electron chi connectivity index (χ3n) is 6.76. The minimum absolute atomic E-state index is 0.113. The van der Waals surface area contributed by atoms with Crippen LogP contribution in [0.25, 0.3) is 11.8 Å². The fourth-order valence-electron chi connectivity index (χ4n) is 4.70. The Bertz CT molecular complexity index is 1450. The van der Waals surface area contributed by atoms with Crippen LogP contribution in [0.4, 0.5) is 5.82 Å². The fraction of sp³-hybridized carbons (Fsp3) is 0.360. The second-order valence-electron chi connectivity index (χ2n) is 8.96. The van der Waals surface area contributed by atoms with E-state index in [0.29, 0.717) is 34.7 Å². The number of anilines is 1. The van der Waals surface area contributed by atoms with Crippen LogP contribution in [0.5, 0.6) is 5.75 Å². The molecule has 1 aliphatic heterocycles. The van der Waals surface area contributed by atoms with Crippen LogP contribution < -0.4 is 20.6 Å². The molecular weight excluding hydrogens is 446 g/mol. The second-order valence-corrected chi connectivity index (χ2v) is 8.96. The maximum atomic E-state index is 13.1. The van der Waals surface area contributed by atoms with E-state index in [9.17, 15) is 9.59 Å². The molecule has 1 saturated carbocycles. The molecule has 3 aromatic rings. The number of ether oxygens (including phenoxy) is 1. The number of hydrogen-bond acceptors (Lipinski definition) is 6. The van der Waals surface area contributed by atoms with E-state index < -0.39 is 0 Å². The van der Waals surface area contributed by atoms with E-state index >= 15 is 0 Å². The van der Waals surface area contributed by atoms with Crippen molar-refractivity contribution in [3.8, 4) is 5.75 Å². The van der Waals surface area contributed by atoms with Gasteiger partial charge in [-0.1, -0.05) is 4.68 Å². The van der Waals surface area contributed by atoms with Gasteiger partial charge in [0.15, 0.2) is 17.7 Å². The van der Waals surface area contributed by atoms with Crippen LogP contribution in [0, 0.1) is 5.92 Å². The maximum absolute atomic E-state index is 13.1. The quantitative estimate of drug-likeness (QED) is 0.563. The maximum Gasteiger partial charge on any atom is 0.260 e. The molecular formula is C25H28N7O3+. The molecule has 10 heteroatoms. The van der Waals surface area contributed by atoms with Gasteiger partial charge in [0.05, 0.1) is 24.1 Å². The third-order valence-corrected chi connectivity index (χ3v) is 6.76. The SMILES string of the molecule is COc1cc2c(cc1C(=O)Nc1cnc3cccnn13)=C/[N+](=C/C1CCC(N(C)C(C)=O)CC1)N=2. The summed E-state index contributed by atoms with van der Waals surface area (Å²) in [5.41, 5.74) is 1.04. The average molecular weight is 475 g/mol. The highest BCUT2D eigenvalue weighted by molar-refractivity contribution is 6.05. The third kappa shape index (κ3) is 4.51. The normalized spacial score (nSPS) is 20.1. The molecule has 1 fully saturated rings. The van der Waals surface area contributed by atoms with Crippen molar-refractivity contribution in [3.63, 3.8) is 0 Å². The van der Waals surface area contributed by atoms with E-state index in [2.05, 4.69) is 26.7 Å². The molecule has 1 aliphatic carbocycles. The molecule has 0 spiro atoms. The lowest BCUT2D eigenvalue weighted by Crippen LogP contribution is -2.38. The largest absolute Gasteiger partial charge is 0.496 e. The molecule has 0 bridgehead atoms. The Labute approximate surface area is 202 Å². The van der Waals surface area contributed by atoms with Crippen molar-refractivity contribution in [2.45, 2.75) is 38.6 Å². The van der Waals surface area contributed by atoms with Gasteiger partial charge in [0.25, 0.3) is 5.91 Å². The van der Waals surface area contributed by atoms with Gasteiger partial charge in [0, 0.05) is 43.3 Å². The van der Waals surface area contributed by atoms with E-state index in [-0.39, 0.29) is 11.8 Å². The molecule has 1 aromatic carbocycles. The van der Waals surface area contributed by atoms with Crippen molar-refractivity contribution < 1.29 is 19.0 Å². The molecule has 1 N–H and O–H groups in total. The van der Waals surface area contributed by atoms with Crippen LogP contribution in [-0.4, -0.2) is 62.4 Å². The van der Waals surface area contributed by atoms with Crippen molar-refractivity contribution in [2.24, 2.45) is 11.0 Å². The topological polar surface area (TPSA) is 104 Å². The number of carbonyl (C=O) groups is 2. The molecule has 3 heterocycles. The molecule has 0 radical (unpaired) electrons. The first kappa shape index (κ1) is 22.7. The number of nitrogens with zero attached hydrogens (tertiary/aromatic N) is 6. The van der Waals surface area contributed by atoms with Crippen molar-refractivity contribution in [1.82, 2.24) is 19.5 Å². The summed E-state index contributed by atoms with van der Waals surface area (Å²) in [4.78, 5) is 30.9. The minimum atomic E-state index is -0.319. The molecule has 5 rings (SSSR count). The monoisotopic (exact) mass is 474 g/mol. The lowest BCUT2D eigenvalue weighted by molar-refractivity contribution is -0.424. The van der Waals surface area contributed by atoms with E-state index in [0.717, 1.165) is 36.3 Å². The zero-order valence-electron chi connectivity index (χ0n) is 20.0. The van der Waals surface area contributed by atoms with Gasteiger partial charge in [-0.15, -0.1) is 0 Å². The van der Waals surface area contributed by atoms with Crippen LogP contribution in [0.1, 0.15) is 43.0 Å². The Morgan fingerprint density at radius 3 is 2.80 bits per heavy atom. The summed E-state index contributed by atoms with van der Waals surface area (Å²) in [6.45, 7) is 1.62. The minimum Gasteiger partial charge on any atom is -0.496 e. The summed E-state index contributed by atoms with van der Waals surface area (Å²) in [5, 5.41) is 13.4. The first-order valence-corrected chi connectivity index (χ1v) is 11.7. The Hall–Kier alpha value is -4.08. The summed E-state index contributed by atoms with van der Waals surface area (Å²) >= 11 is 0. The zero-order valence-corrected chi connectivity index (χ0v) is 20.0. The first-order valence-electron chi connectivity index (χ1n) is 11.7. The number of methoxy groups -OCH3 is 1. The summed E-state index contributed by atoms with van der Waals surface area (Å²) in [6, 6.07) is 7.47. The number of imidazole rings is 1. The number of aromatic nitrogens is 3. The summed E-state index contributed by atoms with van der Waals surface area (Å²) in [6.07, 6.45) is 11.2. The van der Waals surface area contributed by atoms with E-state index in [4.69, 9.17) is 4.74 Å². The number of hydrogen-bond donors (Lipinski definition) is 1. The number of carbonyl (C=O) groups excluding carboxylic acids is 2. The van der Waals surface area contributed by atoms with E-state index in [1.54, 1.807) is 42.0 Å². The highest BCUT2D eigenvalue weighted by atomic mass is 16.5. The molecule has 10 nitrogen and oxygen atoms in total. The highest BCUT2D eigenvalue weighted by Crippen LogP contribution is 2.26. The average Bonchev–Trinajstić information content (AvgIpc) is 3.46. The lowest BCUT2D eigenvalue weighted by Gasteiger charge is -2.32. The van der Waals surface area contributed by atoms with Gasteiger partial charge in [0.1, 0.15) is 11.1 Å². The van der Waals surface area contributed by atoms with Gasteiger partial charge in [-0.25, -0.2) is 4.98 Å². The predicted octanol–water partition coefficient (Wildman–Crippen LogP) is 1.40. The van der Waals surface area contributed by atoms with Crippen LogP contribution in [0.3, 0.4) is 0 Å². The van der Waals surface area contributed by atoms with Gasteiger partial charge >= 0.3 is 0 Å². The molecule has 2 aromatic heterocycles. The van der Waals surface area contributed by atoms with Crippen molar-refractivity contribution in [3.05, 3.63) is 52.8 Å². The van der Waals surface area contributed by atoms with Gasteiger partial charge in [-0.2, -0.15) is 9.61 Å². The van der Waals surface area contributed by atoms with Crippen LogP contribution in [-0.2, 0) is 4.79 Å². The Morgan fingerprint density at radius 1 is 1.26 bits per heavy atom. The van der Waals surface area contributed by atoms with Gasteiger partial charge < -0.3 is 15.0 Å². The Morgan fingerprint density at radius 2 is 2.06 bits per heavy atom. The fourth-order valence-corrected chi connectivity index (χ4v) is 4.70. The molecule has 180 valence electrons. The second kappa shape index (κ2) is 9.28. The zero-order chi connectivity index (χ0) is 24.5. The number of amides is 2. The van der Waals surface area contributed by atoms with Gasteiger partial charge in [-0.05, 0) is 43.9 Å². The van der Waals surface area contributed by atoms with Crippen LogP contribution in [0.2, 0.25) is 0 Å². The van der Waals surface area contributed by atoms with Crippen LogP contribution in [0.15, 0.2) is 41.8 Å². The molecule has 2 aliphatic rings. The van der Waals surface area contributed by atoms with Gasteiger partial charge in [-0.3, -0.25) is 9.59 Å². The Kier molecular flexibility index (Phi) is 6.02. The molecule has 0 unspecified atom stereocenters. The molecule has 0 saturated heterocycles. The predicted molar refractivity (Wildman–Crippen MR) is 130 cm³/mol. The molecule has 35 heavy (non-hydrogen) atoms. The summed E-state index contributed by atoms with van der Waals surface area (Å²) in [5.74, 6) is 1.09. The summed E-state index contributed by atoms with van der Waals surface area (Å²) < 4.78 is 8.90. The highest BCUT2D eigenvalue weighted by Gasteiger charge is 2.27. The van der Waals surface area contributed by atoms with Crippen molar-refractivity contribution in [2.75, 3.05) is 19.5 Å². The van der Waals surface area contributed by atoms with Gasteiger partial charge in [0.2, 0.25) is 12.1 Å². The number of benzene rings is 1. The first-order chi connectivity index (χ1) is 16.9.